The fourth-order valence-electron chi connectivity index (χ4n) is 3.43. The monoisotopic (exact) mass is 302 g/mol. The normalized spacial score (nSPS) is 25.1. The van der Waals surface area contributed by atoms with Crippen molar-refractivity contribution < 1.29 is 9.53 Å². The molecule has 22 heavy (non-hydrogen) atoms. The van der Waals surface area contributed by atoms with Crippen LogP contribution in [-0.4, -0.2) is 49.7 Å². The number of nitrogens with one attached hydrogen (secondary N) is 1. The highest BCUT2D eigenvalue weighted by molar-refractivity contribution is 5.79. The van der Waals surface area contributed by atoms with Gasteiger partial charge in [0.2, 0.25) is 5.91 Å². The molecule has 2 saturated heterocycles. The maximum Gasteiger partial charge on any atom is 0.227 e. The summed E-state index contributed by atoms with van der Waals surface area (Å²) < 4.78 is 5.52. The number of ether oxygens (including phenoxy) is 1. The minimum absolute atomic E-state index is 0.144. The maximum absolute atomic E-state index is 12.9. The van der Waals surface area contributed by atoms with Crippen molar-refractivity contribution >= 4 is 5.91 Å². The van der Waals surface area contributed by atoms with Crippen molar-refractivity contribution in [3.8, 4) is 0 Å². The van der Waals surface area contributed by atoms with Crippen molar-refractivity contribution in [1.82, 2.24) is 10.2 Å². The average Bonchev–Trinajstić information content (AvgIpc) is 3.11. The summed E-state index contributed by atoms with van der Waals surface area (Å²) in [6.07, 6.45) is 4.01. The Kier molecular flexibility index (Phi) is 5.46. The second kappa shape index (κ2) is 7.75. The molecule has 0 spiro atoms. The fourth-order valence-corrected chi connectivity index (χ4v) is 3.43. The summed E-state index contributed by atoms with van der Waals surface area (Å²) in [5.41, 5.74) is 1.29. The summed E-state index contributed by atoms with van der Waals surface area (Å²) in [4.78, 5) is 15.0. The lowest BCUT2D eigenvalue weighted by atomic mass is 9.97. The standard InChI is InChI=1S/C18H26N2O2/c21-18(16-7-4-10-19-13-16)20(17-9-12-22-14-17)11-8-15-5-2-1-3-6-15/h1-3,5-6,16-17,19H,4,7-14H2. The number of carbonyl (C=O) groups is 1. The van der Waals surface area contributed by atoms with Gasteiger partial charge in [0, 0.05) is 19.7 Å². The van der Waals surface area contributed by atoms with Crippen LogP contribution in [0, 0.1) is 5.92 Å². The molecule has 0 bridgehead atoms. The lowest BCUT2D eigenvalue weighted by molar-refractivity contribution is -0.138. The third-order valence-electron chi connectivity index (χ3n) is 4.76. The van der Waals surface area contributed by atoms with E-state index >= 15 is 0 Å². The zero-order valence-electron chi connectivity index (χ0n) is 13.2. The first-order valence-corrected chi connectivity index (χ1v) is 8.47. The first kappa shape index (κ1) is 15.5. The Hall–Kier alpha value is -1.39. The van der Waals surface area contributed by atoms with Crippen LogP contribution in [0.4, 0.5) is 0 Å². The van der Waals surface area contributed by atoms with Gasteiger partial charge in [-0.25, -0.2) is 0 Å². The second-order valence-electron chi connectivity index (χ2n) is 6.33. The lowest BCUT2D eigenvalue weighted by Crippen LogP contribution is -2.48. The molecule has 2 atom stereocenters. The van der Waals surface area contributed by atoms with Crippen molar-refractivity contribution in [3.63, 3.8) is 0 Å². The van der Waals surface area contributed by atoms with Gasteiger partial charge in [-0.1, -0.05) is 30.3 Å². The van der Waals surface area contributed by atoms with Crippen LogP contribution >= 0.6 is 0 Å². The number of hydrogen-bond donors (Lipinski definition) is 1. The summed E-state index contributed by atoms with van der Waals surface area (Å²) in [5, 5.41) is 3.36. The van der Waals surface area contributed by atoms with Gasteiger partial charge >= 0.3 is 0 Å². The summed E-state index contributed by atoms with van der Waals surface area (Å²) in [5.74, 6) is 0.462. The van der Waals surface area contributed by atoms with Gasteiger partial charge < -0.3 is 15.0 Å². The highest BCUT2D eigenvalue weighted by Crippen LogP contribution is 2.20. The number of nitrogens with zero attached hydrogens (tertiary/aromatic N) is 1. The molecule has 120 valence electrons. The molecule has 1 amide bonds. The SMILES string of the molecule is O=C(C1CCCNC1)N(CCc1ccccc1)C1CCOC1. The van der Waals surface area contributed by atoms with Gasteiger partial charge in [0.05, 0.1) is 18.6 Å². The van der Waals surface area contributed by atoms with E-state index in [1.165, 1.54) is 5.56 Å². The molecule has 0 saturated carbocycles. The van der Waals surface area contributed by atoms with E-state index in [0.717, 1.165) is 51.9 Å². The zero-order valence-corrected chi connectivity index (χ0v) is 13.2. The van der Waals surface area contributed by atoms with E-state index in [2.05, 4.69) is 34.5 Å². The first-order valence-electron chi connectivity index (χ1n) is 8.47. The molecule has 1 aromatic rings. The van der Waals surface area contributed by atoms with Crippen LogP contribution in [0.1, 0.15) is 24.8 Å². The number of amides is 1. The van der Waals surface area contributed by atoms with E-state index in [-0.39, 0.29) is 12.0 Å². The summed E-state index contributed by atoms with van der Waals surface area (Å²) >= 11 is 0. The van der Waals surface area contributed by atoms with E-state index in [0.29, 0.717) is 12.5 Å². The van der Waals surface area contributed by atoms with Crippen LogP contribution in [0.5, 0.6) is 0 Å². The number of carbonyl (C=O) groups excluding carboxylic acids is 1. The summed E-state index contributed by atoms with van der Waals surface area (Å²) in [6.45, 7) is 4.14. The van der Waals surface area contributed by atoms with Gasteiger partial charge in [-0.15, -0.1) is 0 Å². The molecule has 3 rings (SSSR count). The van der Waals surface area contributed by atoms with Crippen molar-refractivity contribution in [2.24, 2.45) is 5.92 Å². The number of hydrogen-bond acceptors (Lipinski definition) is 3. The van der Waals surface area contributed by atoms with Crippen LogP contribution in [0.15, 0.2) is 30.3 Å². The number of benzene rings is 1. The molecule has 4 heteroatoms. The molecule has 4 nitrogen and oxygen atoms in total. The van der Waals surface area contributed by atoms with E-state index in [1.807, 2.05) is 6.07 Å². The molecular weight excluding hydrogens is 276 g/mol. The Bertz CT molecular complexity index is 465. The molecule has 2 fully saturated rings. The predicted octanol–water partition coefficient (Wildman–Crippen LogP) is 1.85. The van der Waals surface area contributed by atoms with Crippen LogP contribution < -0.4 is 5.32 Å². The third-order valence-corrected chi connectivity index (χ3v) is 4.76. The van der Waals surface area contributed by atoms with Crippen molar-refractivity contribution in [1.29, 1.82) is 0 Å². The quantitative estimate of drug-likeness (QED) is 0.902. The Morgan fingerprint density at radius 3 is 2.82 bits per heavy atom. The van der Waals surface area contributed by atoms with Crippen LogP contribution in [0.2, 0.25) is 0 Å². The summed E-state index contributed by atoms with van der Waals surface area (Å²) in [6, 6.07) is 10.7. The Balaban J connectivity index is 1.64. The highest BCUT2D eigenvalue weighted by Gasteiger charge is 2.32. The third kappa shape index (κ3) is 3.87. The zero-order chi connectivity index (χ0) is 15.2. The van der Waals surface area contributed by atoms with Gasteiger partial charge in [0.1, 0.15) is 0 Å². The largest absolute Gasteiger partial charge is 0.379 e. The van der Waals surface area contributed by atoms with Crippen LogP contribution in [0.3, 0.4) is 0 Å². The first-order chi connectivity index (χ1) is 10.8. The van der Waals surface area contributed by atoms with Gasteiger partial charge in [-0.05, 0) is 37.8 Å². The molecule has 1 N–H and O–H groups in total. The minimum Gasteiger partial charge on any atom is -0.379 e. The van der Waals surface area contributed by atoms with E-state index in [9.17, 15) is 4.79 Å². The molecule has 0 aromatic heterocycles. The minimum atomic E-state index is 0.144. The van der Waals surface area contributed by atoms with Gasteiger partial charge in [-0.3, -0.25) is 4.79 Å². The van der Waals surface area contributed by atoms with E-state index < -0.39 is 0 Å². The topological polar surface area (TPSA) is 41.6 Å². The number of rotatable bonds is 5. The average molecular weight is 302 g/mol. The van der Waals surface area contributed by atoms with Crippen molar-refractivity contribution in [2.45, 2.75) is 31.7 Å². The molecule has 2 aliphatic heterocycles. The van der Waals surface area contributed by atoms with Crippen molar-refractivity contribution in [2.75, 3.05) is 32.8 Å². The smallest absolute Gasteiger partial charge is 0.227 e. The predicted molar refractivity (Wildman–Crippen MR) is 86.7 cm³/mol. The molecule has 0 aliphatic carbocycles. The molecule has 2 aliphatic rings. The molecule has 2 unspecified atom stereocenters. The molecular formula is C18H26N2O2. The Morgan fingerprint density at radius 1 is 1.27 bits per heavy atom. The fraction of sp³-hybridized carbons (Fsp3) is 0.611. The van der Waals surface area contributed by atoms with Crippen molar-refractivity contribution in [3.05, 3.63) is 35.9 Å². The van der Waals surface area contributed by atoms with E-state index in [4.69, 9.17) is 4.74 Å². The van der Waals surface area contributed by atoms with Crippen LogP contribution in [-0.2, 0) is 16.0 Å². The van der Waals surface area contributed by atoms with Crippen LogP contribution in [0.25, 0.3) is 0 Å². The van der Waals surface area contributed by atoms with Gasteiger partial charge in [0.15, 0.2) is 0 Å². The van der Waals surface area contributed by atoms with Gasteiger partial charge in [-0.2, -0.15) is 0 Å². The maximum atomic E-state index is 12.9. The van der Waals surface area contributed by atoms with Gasteiger partial charge in [0.25, 0.3) is 0 Å². The second-order valence-corrected chi connectivity index (χ2v) is 6.33. The lowest BCUT2D eigenvalue weighted by Gasteiger charge is -2.33. The molecule has 0 radical (unpaired) electrons. The Labute approximate surface area is 132 Å². The molecule has 2 heterocycles. The summed E-state index contributed by atoms with van der Waals surface area (Å²) in [7, 11) is 0. The Morgan fingerprint density at radius 2 is 2.14 bits per heavy atom. The van der Waals surface area contributed by atoms with E-state index in [1.54, 1.807) is 0 Å². The molecule has 1 aromatic carbocycles. The number of piperidine rings is 1. The highest BCUT2D eigenvalue weighted by atomic mass is 16.5.